The van der Waals surface area contributed by atoms with E-state index in [2.05, 4.69) is 31.2 Å². The lowest BCUT2D eigenvalue weighted by atomic mass is 9.97. The number of thioether (sulfide) groups is 1. The molecule has 0 spiro atoms. The number of benzene rings is 1. The van der Waals surface area contributed by atoms with Crippen LogP contribution >= 0.6 is 11.8 Å². The molecule has 1 fully saturated rings. The van der Waals surface area contributed by atoms with Crippen molar-refractivity contribution in [1.29, 1.82) is 0 Å². The third-order valence-electron chi connectivity index (χ3n) is 4.05. The Kier molecular flexibility index (Phi) is 6.12. The Morgan fingerprint density at radius 2 is 2.29 bits per heavy atom. The van der Waals surface area contributed by atoms with Crippen molar-refractivity contribution in [2.45, 2.75) is 50.9 Å². The molecule has 1 amide bonds. The summed E-state index contributed by atoms with van der Waals surface area (Å²) in [6, 6.07) is 8.77. The van der Waals surface area contributed by atoms with Crippen LogP contribution in [0.2, 0.25) is 0 Å². The molecule has 2 rings (SSSR count). The van der Waals surface area contributed by atoms with Gasteiger partial charge in [-0.2, -0.15) is 0 Å². The zero-order valence-corrected chi connectivity index (χ0v) is 13.9. The molecule has 0 saturated carbocycles. The Labute approximate surface area is 132 Å². The molecule has 4 heteroatoms. The van der Waals surface area contributed by atoms with Gasteiger partial charge in [0.05, 0.1) is 5.75 Å². The Bertz CT molecular complexity index is 476. The Morgan fingerprint density at radius 3 is 3.00 bits per heavy atom. The Balaban J connectivity index is 1.83. The lowest BCUT2D eigenvalue weighted by Gasteiger charge is -2.38. The first-order valence-electron chi connectivity index (χ1n) is 7.76. The summed E-state index contributed by atoms with van der Waals surface area (Å²) in [5.41, 5.74) is 8.59. The van der Waals surface area contributed by atoms with Gasteiger partial charge in [-0.15, -0.1) is 11.8 Å². The van der Waals surface area contributed by atoms with Crippen LogP contribution in [-0.4, -0.2) is 35.2 Å². The number of hydrogen-bond donors (Lipinski definition) is 1. The number of likely N-dealkylation sites (tertiary alicyclic amines) is 1. The van der Waals surface area contributed by atoms with E-state index in [1.807, 2.05) is 11.8 Å². The number of aryl methyl sites for hydroxylation is 1. The highest BCUT2D eigenvalue weighted by atomic mass is 32.2. The third-order valence-corrected chi connectivity index (χ3v) is 5.04. The highest BCUT2D eigenvalue weighted by Gasteiger charge is 2.28. The minimum atomic E-state index is 0.0658. The van der Waals surface area contributed by atoms with E-state index in [-0.39, 0.29) is 18.0 Å². The quantitative estimate of drug-likeness (QED) is 0.910. The molecule has 0 bridgehead atoms. The number of amides is 1. The number of nitrogens with two attached hydrogens (primary N) is 1. The van der Waals surface area contributed by atoms with Gasteiger partial charge in [-0.1, -0.05) is 29.8 Å². The number of piperidine rings is 1. The molecule has 1 aromatic carbocycles. The van der Waals surface area contributed by atoms with Crippen molar-refractivity contribution in [1.82, 2.24) is 4.90 Å². The fourth-order valence-corrected chi connectivity index (χ4v) is 3.81. The normalized spacial score (nSPS) is 20.3. The Hall–Kier alpha value is -1.00. The van der Waals surface area contributed by atoms with Gasteiger partial charge in [0.2, 0.25) is 5.91 Å². The maximum absolute atomic E-state index is 12.4. The van der Waals surface area contributed by atoms with E-state index < -0.39 is 0 Å². The van der Waals surface area contributed by atoms with E-state index in [0.717, 1.165) is 25.1 Å². The number of carbonyl (C=O) groups is 1. The molecule has 2 atom stereocenters. The molecule has 2 unspecified atom stereocenters. The average Bonchev–Trinajstić information content (AvgIpc) is 2.47. The van der Waals surface area contributed by atoms with Crippen molar-refractivity contribution in [3.63, 3.8) is 0 Å². The van der Waals surface area contributed by atoms with E-state index in [9.17, 15) is 4.79 Å². The second-order valence-corrected chi connectivity index (χ2v) is 6.98. The highest BCUT2D eigenvalue weighted by molar-refractivity contribution is 7.99. The summed E-state index contributed by atoms with van der Waals surface area (Å²) in [5, 5.41) is 0. The lowest BCUT2D eigenvalue weighted by Crippen LogP contribution is -2.52. The summed E-state index contributed by atoms with van der Waals surface area (Å²) in [6.45, 7) is 4.98. The standard InChI is InChI=1S/C17H26N2OS/c1-13-6-5-7-15(10-13)11-21-12-17(20)19-9-4-3-8-16(19)14(2)18/h5-7,10,14,16H,3-4,8-9,11-12,18H2,1-2H3. The van der Waals surface area contributed by atoms with Crippen molar-refractivity contribution in [3.05, 3.63) is 35.4 Å². The number of carbonyl (C=O) groups excluding carboxylic acids is 1. The van der Waals surface area contributed by atoms with Gasteiger partial charge in [-0.3, -0.25) is 4.79 Å². The monoisotopic (exact) mass is 306 g/mol. The molecule has 1 aliphatic rings. The summed E-state index contributed by atoms with van der Waals surface area (Å²) in [6.07, 6.45) is 3.34. The fraction of sp³-hybridized carbons (Fsp3) is 0.588. The smallest absolute Gasteiger partial charge is 0.232 e. The number of nitrogens with zero attached hydrogens (tertiary/aromatic N) is 1. The molecule has 0 aliphatic carbocycles. The molecule has 1 heterocycles. The summed E-state index contributed by atoms with van der Waals surface area (Å²) in [4.78, 5) is 14.4. The molecular formula is C17H26N2OS. The average molecular weight is 306 g/mol. The summed E-state index contributed by atoms with van der Waals surface area (Å²) in [7, 11) is 0. The topological polar surface area (TPSA) is 46.3 Å². The molecule has 1 aromatic rings. The highest BCUT2D eigenvalue weighted by Crippen LogP contribution is 2.21. The minimum absolute atomic E-state index is 0.0658. The molecule has 1 aliphatic heterocycles. The van der Waals surface area contributed by atoms with Gasteiger partial charge >= 0.3 is 0 Å². The van der Waals surface area contributed by atoms with E-state index in [1.54, 1.807) is 11.8 Å². The van der Waals surface area contributed by atoms with Crippen molar-refractivity contribution < 1.29 is 4.79 Å². The van der Waals surface area contributed by atoms with Crippen molar-refractivity contribution >= 4 is 17.7 Å². The second-order valence-electron chi connectivity index (χ2n) is 5.99. The van der Waals surface area contributed by atoms with Gasteiger partial charge in [-0.25, -0.2) is 0 Å². The van der Waals surface area contributed by atoms with Crippen molar-refractivity contribution in [3.8, 4) is 0 Å². The Morgan fingerprint density at radius 1 is 1.48 bits per heavy atom. The molecule has 21 heavy (non-hydrogen) atoms. The first-order valence-corrected chi connectivity index (χ1v) is 8.91. The maximum atomic E-state index is 12.4. The van der Waals surface area contributed by atoms with Crippen LogP contribution in [0.5, 0.6) is 0 Å². The fourth-order valence-electron chi connectivity index (χ4n) is 2.95. The summed E-state index contributed by atoms with van der Waals surface area (Å²) >= 11 is 1.70. The van der Waals surface area contributed by atoms with Gasteiger partial charge in [0.15, 0.2) is 0 Å². The zero-order valence-electron chi connectivity index (χ0n) is 13.0. The van der Waals surface area contributed by atoms with Crippen LogP contribution in [0.25, 0.3) is 0 Å². The molecule has 0 aromatic heterocycles. The third kappa shape index (κ3) is 4.75. The van der Waals surface area contributed by atoms with Crippen LogP contribution in [0.15, 0.2) is 24.3 Å². The van der Waals surface area contributed by atoms with E-state index in [4.69, 9.17) is 5.73 Å². The SMILES string of the molecule is Cc1cccc(CSCC(=O)N2CCCCC2C(C)N)c1. The van der Waals surface area contributed by atoms with Crippen LogP contribution in [-0.2, 0) is 10.5 Å². The lowest BCUT2D eigenvalue weighted by molar-refractivity contribution is -0.132. The van der Waals surface area contributed by atoms with Gasteiger partial charge < -0.3 is 10.6 Å². The maximum Gasteiger partial charge on any atom is 0.232 e. The van der Waals surface area contributed by atoms with Crippen LogP contribution < -0.4 is 5.73 Å². The van der Waals surface area contributed by atoms with E-state index in [1.165, 1.54) is 17.5 Å². The van der Waals surface area contributed by atoms with E-state index in [0.29, 0.717) is 5.75 Å². The van der Waals surface area contributed by atoms with Crippen molar-refractivity contribution in [2.24, 2.45) is 5.73 Å². The van der Waals surface area contributed by atoms with Crippen molar-refractivity contribution in [2.75, 3.05) is 12.3 Å². The van der Waals surface area contributed by atoms with Gasteiger partial charge in [0.25, 0.3) is 0 Å². The number of rotatable bonds is 5. The molecule has 2 N–H and O–H groups in total. The largest absolute Gasteiger partial charge is 0.337 e. The molecule has 3 nitrogen and oxygen atoms in total. The van der Waals surface area contributed by atoms with Crippen LogP contribution in [0.3, 0.4) is 0 Å². The molecular weight excluding hydrogens is 280 g/mol. The van der Waals surface area contributed by atoms with E-state index >= 15 is 0 Å². The predicted octanol–water partition coefficient (Wildman–Crippen LogP) is 2.96. The van der Waals surface area contributed by atoms with Gasteiger partial charge in [0, 0.05) is 24.4 Å². The summed E-state index contributed by atoms with van der Waals surface area (Å²) < 4.78 is 0. The van der Waals surface area contributed by atoms with Gasteiger partial charge in [0.1, 0.15) is 0 Å². The van der Waals surface area contributed by atoms with Gasteiger partial charge in [-0.05, 0) is 38.7 Å². The second kappa shape index (κ2) is 7.85. The zero-order chi connectivity index (χ0) is 15.2. The first kappa shape index (κ1) is 16.4. The molecule has 116 valence electrons. The minimum Gasteiger partial charge on any atom is -0.337 e. The predicted molar refractivity (Wildman–Crippen MR) is 90.3 cm³/mol. The van der Waals surface area contributed by atoms with Crippen LogP contribution in [0.4, 0.5) is 0 Å². The van der Waals surface area contributed by atoms with Crippen LogP contribution in [0, 0.1) is 6.92 Å². The molecule has 0 radical (unpaired) electrons. The van der Waals surface area contributed by atoms with Crippen LogP contribution in [0.1, 0.15) is 37.3 Å². The molecule has 1 saturated heterocycles. The summed E-state index contributed by atoms with van der Waals surface area (Å²) in [5.74, 6) is 1.69. The first-order chi connectivity index (χ1) is 10.1. The number of hydrogen-bond acceptors (Lipinski definition) is 3.